The van der Waals surface area contributed by atoms with Gasteiger partial charge >= 0.3 is 24.2 Å². The van der Waals surface area contributed by atoms with E-state index in [0.717, 1.165) is 116 Å². The van der Waals surface area contributed by atoms with Crippen LogP contribution in [0.15, 0.2) is 0 Å². The lowest BCUT2D eigenvalue weighted by molar-refractivity contribution is -0.756. The number of aliphatic hydroxyl groups excluding tert-OH is 7. The molecular formula is C65H144Br3F3N12O38S26. The standard InChI is InChI=1S/C9H18N2O5S2.C7H14O3S2.C6H11NO5S2.C5H12O2S2.C4H8Br2S2.C4H9BrOS2.C4H8N2O6S2.2C4H10N2O3S2.C4H9NO4S2.2C4H10O2S2.C2HF3O2.2C2H7NS/c1-9(2,3)16-8(12)10-4-6-17-18-7-5-15-11(13)14;1-7(8)10-4-6-12-11-5-3-9-2;1-6(8)11-2-4-13-14-5-3-12-7(9)10;1-7-3-5-9-8-4-2-6;2*5-1-3-7-8-4-2-6;7-5(8)11-1-3-13-14-4-2-12-6(9)10;2*5-1-3-10-11-4-2-9-6(7)8;6-1-3-10-11-4-2-9-5(7)8;2*5-1-3-7-8-4-2-6;3-2(4,5)1(6)7;2*3-1-2-4/h4-7H2,1-3H3,(H,10,12);3-6H2,1-2H3;2-5H2,1H3;6H,2-5H2,1H3;1-4H2;6H,1-4H2;1-4H2;2*1-5H2;6H,1-4H2;2*5-6H,1-4H2;(H,6,7);2*4H,1-3H2. The summed E-state index contributed by atoms with van der Waals surface area (Å²) in [4.78, 5) is 137. The van der Waals surface area contributed by atoms with Crippen LogP contribution in [0.1, 0.15) is 34.6 Å². The number of aliphatic carboxylic acids is 1. The molecule has 0 aromatic heterocycles. The summed E-state index contributed by atoms with van der Waals surface area (Å²) < 4.78 is 55.7. The molecule has 0 bridgehead atoms. The minimum absolute atomic E-state index is 0.0146. The third-order valence-corrected chi connectivity index (χ3v) is 40.4. The third-order valence-electron chi connectivity index (χ3n) is 8.71. The van der Waals surface area contributed by atoms with Gasteiger partial charge in [0.05, 0.1) is 71.8 Å². The minimum Gasteiger partial charge on any atom is -0.542 e. The molecule has 0 radical (unpaired) electrons. The van der Waals surface area contributed by atoms with Crippen LogP contribution >= 0.6 is 332 Å². The van der Waals surface area contributed by atoms with Crippen molar-refractivity contribution < 1.29 is 172 Å². The molecule has 0 fully saturated rings. The van der Waals surface area contributed by atoms with Crippen molar-refractivity contribution >= 4 is 356 Å². The Hall–Kier alpha value is 1.89. The van der Waals surface area contributed by atoms with E-state index < -0.39 is 59.4 Å². The molecule has 0 aliphatic carbocycles. The first-order valence-corrected chi connectivity index (χ1v) is 75.4. The van der Waals surface area contributed by atoms with Gasteiger partial charge in [-0.2, -0.15) is 38.4 Å². The SMILES string of the molecule is BrCCSSCCBr.CC(=O)OCCSSCCO[N+](=O)[O-].CC(C)(C)OC(=O)NCCSSCCO[N+](=O)[O-].COCCSSCCO.COCCSSCCOC(C)=O.NCCS.NCCS.NCCSSCCO[N+](=O)[O-].O=C([O-])C(F)(F)F.O=[N+]([O-])OCCSSCCO.O=[N+]([O-])OCCSSCCO[N+](=O)[O-].OCCSSCCBr.OCCSSCCO.OCCSSCCO.[NH3+]CCSSCCO[N+](=O)[O-]. The van der Waals surface area contributed by atoms with Crippen LogP contribution in [0.2, 0.25) is 0 Å². The first-order chi connectivity index (χ1) is 70.0. The first kappa shape index (κ1) is 182. The predicted molar refractivity (Wildman–Crippen MR) is 646 cm³/mol. The fraction of sp³-hybridized carbons (Fsp3) is 0.938. The van der Waals surface area contributed by atoms with Crippen LogP contribution in [-0.2, 0) is 71.9 Å². The number of nitrogens with one attached hydrogen (secondary N) is 1. The lowest BCUT2D eigenvalue weighted by Crippen LogP contribution is -2.51. The number of nitrogens with two attached hydrogens (primary N) is 3. The molecule has 0 spiro atoms. The zero-order valence-electron chi connectivity index (χ0n) is 81.6. The number of aliphatic hydroxyl groups is 7. The van der Waals surface area contributed by atoms with Gasteiger partial charge in [0, 0.05) is 214 Å². The maximum absolute atomic E-state index is 11.2. The molecule has 0 atom stereocenters. The number of alkyl carbamates (subject to hydrolysis) is 1. The van der Waals surface area contributed by atoms with Gasteiger partial charge in [0.15, 0.2) is 0 Å². The maximum Gasteiger partial charge on any atom is 0.430 e. The number of rotatable bonds is 81. The summed E-state index contributed by atoms with van der Waals surface area (Å²) in [6, 6.07) is 0. The zero-order valence-corrected chi connectivity index (χ0v) is 108. The molecule has 0 heterocycles. The summed E-state index contributed by atoms with van der Waals surface area (Å²) in [7, 11) is 41.7. The number of amides is 1. The van der Waals surface area contributed by atoms with Crippen molar-refractivity contribution in [3.05, 3.63) is 70.8 Å². The van der Waals surface area contributed by atoms with Crippen LogP contribution in [0.4, 0.5) is 18.0 Å². The molecule has 0 aliphatic rings. The molecule has 0 unspecified atom stereocenters. The van der Waals surface area contributed by atoms with E-state index >= 15 is 0 Å². The van der Waals surface area contributed by atoms with Gasteiger partial charge < -0.3 is 131 Å². The Balaban J connectivity index is -0.0000000989. The van der Waals surface area contributed by atoms with Gasteiger partial charge in [0.25, 0.3) is 35.6 Å². The number of hydrogen-bond donors (Lipinski definition) is 14. The number of carbonyl (C=O) groups is 4. The molecule has 0 saturated heterocycles. The van der Waals surface area contributed by atoms with Crippen molar-refractivity contribution in [1.29, 1.82) is 0 Å². The summed E-state index contributed by atoms with van der Waals surface area (Å²) in [6.07, 6.45) is -5.63. The Kier molecular flexibility index (Phi) is 214. The highest BCUT2D eigenvalue weighted by molar-refractivity contribution is 9.09. The van der Waals surface area contributed by atoms with Gasteiger partial charge in [-0.25, -0.2) is 4.79 Å². The highest BCUT2D eigenvalue weighted by atomic mass is 79.9. The monoisotopic (exact) mass is 2830 g/mol. The number of quaternary nitrogens is 1. The second kappa shape index (κ2) is 173. The molecule has 17 N–H and O–H groups in total. The molecule has 0 aromatic carbocycles. The molecule has 0 aromatic rings. The maximum atomic E-state index is 11.2. The zero-order chi connectivity index (χ0) is 115. The van der Waals surface area contributed by atoms with Crippen LogP contribution in [0.5, 0.6) is 0 Å². The summed E-state index contributed by atoms with van der Waals surface area (Å²) in [5.41, 5.74) is 18.3. The topological polar surface area (TPSA) is 763 Å². The van der Waals surface area contributed by atoms with E-state index in [0.29, 0.717) is 104 Å². The molecule has 50 nitrogen and oxygen atoms in total. The average Bonchev–Trinajstić information content (AvgIpc) is 0.954. The van der Waals surface area contributed by atoms with Gasteiger partial charge in [-0.05, 0) is 20.8 Å². The fourth-order valence-corrected chi connectivity index (χ4v) is 27.1. The fourth-order valence-electron chi connectivity index (χ4n) is 4.08. The van der Waals surface area contributed by atoms with Crippen LogP contribution in [0.3, 0.4) is 0 Å². The van der Waals surface area contributed by atoms with Gasteiger partial charge in [-0.1, -0.05) is 307 Å². The molecule has 147 heavy (non-hydrogen) atoms. The molecule has 0 aliphatic heterocycles. The number of hydrogen-bond acceptors (Lipinski definition) is 67. The Bertz CT molecular complexity index is 2470. The largest absolute Gasteiger partial charge is 0.542 e. The summed E-state index contributed by atoms with van der Waals surface area (Å²) in [6.45, 7) is 16.2. The number of halogens is 6. The smallest absolute Gasteiger partial charge is 0.430 e. The second-order valence-corrected chi connectivity index (χ2v) is 57.5. The number of ether oxygens (including phenoxy) is 5. The lowest BCUT2D eigenvalue weighted by atomic mass is 10.2. The number of alkyl halides is 6. The Labute approximate surface area is 988 Å². The number of carboxylic acid groups (broad SMARTS) is 1. The van der Waals surface area contributed by atoms with E-state index in [9.17, 15) is 98.4 Å². The van der Waals surface area contributed by atoms with Crippen molar-refractivity contribution in [3.63, 3.8) is 0 Å². The minimum atomic E-state index is -5.19. The molecule has 1 amide bonds. The Morgan fingerprint density at radius 1 is 0.333 bits per heavy atom. The van der Waals surface area contributed by atoms with Crippen molar-refractivity contribution in [1.82, 2.24) is 5.32 Å². The molecule has 82 heteroatoms. The highest BCUT2D eigenvalue weighted by Crippen LogP contribution is 2.27. The van der Waals surface area contributed by atoms with Crippen LogP contribution < -0.4 is 33.4 Å². The van der Waals surface area contributed by atoms with Gasteiger partial charge in [0.1, 0.15) is 71.0 Å². The first-order valence-electron chi connectivity index (χ1n) is 40.9. The molecule has 890 valence electrons. The number of thiol groups is 2. The number of nitrogens with zero attached hydrogens (tertiary/aromatic N) is 7. The molecular weight excluding hydrogens is 2690 g/mol. The normalized spacial score (nSPS) is 9.76. The quantitative estimate of drug-likeness (QED) is 0.00393. The molecule has 0 rings (SSSR count). The van der Waals surface area contributed by atoms with Gasteiger partial charge in [-0.3, -0.25) is 9.59 Å². The molecule has 0 saturated carbocycles. The van der Waals surface area contributed by atoms with Gasteiger partial charge in [-0.15, -0.1) is 70.8 Å². The van der Waals surface area contributed by atoms with E-state index in [2.05, 4.69) is 123 Å². The second-order valence-electron chi connectivity index (χ2n) is 21.8. The van der Waals surface area contributed by atoms with Crippen molar-refractivity contribution in [2.24, 2.45) is 17.2 Å². The number of carbonyl (C=O) groups excluding carboxylic acids is 4. The van der Waals surface area contributed by atoms with E-state index in [4.69, 9.17) is 81.8 Å². The average molecular weight is 2830 g/mol. The number of methoxy groups -OCH3 is 2. The Morgan fingerprint density at radius 3 is 0.667 bits per heavy atom. The Morgan fingerprint density at radius 2 is 0.510 bits per heavy atom. The third kappa shape index (κ3) is 275. The van der Waals surface area contributed by atoms with Gasteiger partial charge in [0.2, 0.25) is 0 Å². The van der Waals surface area contributed by atoms with Crippen molar-refractivity contribution in [2.75, 3.05) is 331 Å². The van der Waals surface area contributed by atoms with Crippen LogP contribution in [-0.4, -0.2) is 439 Å². The van der Waals surface area contributed by atoms with E-state index in [-0.39, 0.29) is 97.8 Å². The number of esters is 2. The van der Waals surface area contributed by atoms with E-state index in [1.165, 1.54) is 122 Å². The van der Waals surface area contributed by atoms with E-state index in [1.807, 2.05) is 21.6 Å². The van der Waals surface area contributed by atoms with Crippen LogP contribution in [0, 0.1) is 70.8 Å². The number of carboxylic acids is 1. The predicted octanol–water partition coefficient (Wildman–Crippen LogP) is 12.2. The highest BCUT2D eigenvalue weighted by Gasteiger charge is 2.29. The summed E-state index contributed by atoms with van der Waals surface area (Å²) in [5.74, 6) is 16.7. The summed E-state index contributed by atoms with van der Waals surface area (Å²) in [5, 5.41) is 135. The lowest BCUT2D eigenvalue weighted by Gasteiger charge is -2.19. The summed E-state index contributed by atoms with van der Waals surface area (Å²) >= 11 is 17.6. The van der Waals surface area contributed by atoms with Crippen molar-refractivity contribution in [3.8, 4) is 0 Å². The van der Waals surface area contributed by atoms with Crippen molar-refractivity contribution in [2.45, 2.75) is 46.4 Å². The van der Waals surface area contributed by atoms with Crippen LogP contribution in [0.25, 0.3) is 0 Å². The van der Waals surface area contributed by atoms with E-state index in [1.54, 1.807) is 175 Å².